The number of ketones is 1. The number of rotatable bonds is 9. The van der Waals surface area contributed by atoms with Crippen LogP contribution in [0.25, 0.3) is 16.6 Å². The van der Waals surface area contributed by atoms with Crippen molar-refractivity contribution >= 4 is 52.6 Å². The van der Waals surface area contributed by atoms with Gasteiger partial charge in [-0.1, -0.05) is 12.1 Å². The number of aromatic nitrogens is 3. The van der Waals surface area contributed by atoms with Crippen molar-refractivity contribution in [3.05, 3.63) is 89.5 Å². The molecule has 0 aliphatic carbocycles. The molecule has 17 nitrogen and oxygen atoms in total. The topological polar surface area (TPSA) is 188 Å². The molecule has 0 radical (unpaired) electrons. The van der Waals surface area contributed by atoms with Gasteiger partial charge in [-0.25, -0.2) is 32.8 Å². The maximum atomic E-state index is 15.5. The summed E-state index contributed by atoms with van der Waals surface area (Å²) >= 11 is 0. The lowest BCUT2D eigenvalue weighted by atomic mass is 10.1. The van der Waals surface area contributed by atoms with Crippen LogP contribution in [0.2, 0.25) is 0 Å². The van der Waals surface area contributed by atoms with E-state index in [1.807, 2.05) is 0 Å². The van der Waals surface area contributed by atoms with Crippen LogP contribution in [0.1, 0.15) is 118 Å². The molecule has 6 rings (SSSR count). The standard InChI is InChI=1S/C50H60FN5O12/c1-29-24-32(64-39-17-15-14-16-34(39)51)18-19-36(29)56-42(55(45(60)67-49(8,9)10)46(61)68-50(11,12)13)33(28-52-56)41(57)38-25-30-26-40(63-31-20-22-62-23-21-31)35(53-43(58)65-47(2,3)4)27-37(30)54(38)44(59)66-48(5,6)7/h14-19,24-28,31H,20-23H2,1-13H3,(H,53,58). The summed E-state index contributed by atoms with van der Waals surface area (Å²) in [5.41, 5.74) is -3.86. The van der Waals surface area contributed by atoms with Crippen LogP contribution in [0.15, 0.2) is 66.9 Å². The first-order valence-electron chi connectivity index (χ1n) is 22.2. The van der Waals surface area contributed by atoms with Crippen LogP contribution in [0.4, 0.5) is 35.1 Å². The monoisotopic (exact) mass is 941 g/mol. The van der Waals surface area contributed by atoms with Crippen LogP contribution >= 0.6 is 0 Å². The predicted molar refractivity (Wildman–Crippen MR) is 251 cm³/mol. The number of carbonyl (C=O) groups is 5. The Hall–Kier alpha value is -6.95. The van der Waals surface area contributed by atoms with Gasteiger partial charge >= 0.3 is 24.4 Å². The van der Waals surface area contributed by atoms with Crippen LogP contribution in [0.5, 0.6) is 17.2 Å². The number of carbonyl (C=O) groups excluding carboxylic acids is 5. The smallest absolute Gasteiger partial charge is 0.425 e. The molecule has 1 N–H and O–H groups in total. The number of benzene rings is 3. The van der Waals surface area contributed by atoms with Gasteiger partial charge in [-0.2, -0.15) is 10.00 Å². The van der Waals surface area contributed by atoms with Crippen molar-refractivity contribution in [3.63, 3.8) is 0 Å². The van der Waals surface area contributed by atoms with Crippen molar-refractivity contribution < 1.29 is 61.5 Å². The fourth-order valence-corrected chi connectivity index (χ4v) is 6.97. The summed E-state index contributed by atoms with van der Waals surface area (Å²) in [5.74, 6) is -1.43. The minimum atomic E-state index is -1.21. The number of amides is 3. The van der Waals surface area contributed by atoms with Crippen LogP contribution < -0.4 is 19.7 Å². The summed E-state index contributed by atoms with van der Waals surface area (Å²) in [5, 5.41) is 7.63. The van der Waals surface area contributed by atoms with Gasteiger partial charge in [-0.05, 0) is 144 Å². The Morgan fingerprint density at radius 3 is 1.93 bits per heavy atom. The average molecular weight is 942 g/mol. The quantitative estimate of drug-likeness (QED) is 0.109. The molecule has 1 aliphatic heterocycles. The highest BCUT2D eigenvalue weighted by Gasteiger charge is 2.40. The number of anilines is 2. The molecule has 18 heteroatoms. The SMILES string of the molecule is Cc1cc(Oc2ccccc2F)ccc1-n1ncc(C(=O)c2cc3cc(OC4CCOCC4)c(NC(=O)OC(C)(C)C)cc3n2C(=O)OC(C)(C)C)c1N(C(=O)OC(C)(C)C)C(=O)OC(C)(C)C. The molecular weight excluding hydrogens is 882 g/mol. The van der Waals surface area contributed by atoms with Gasteiger partial charge in [-0.3, -0.25) is 10.1 Å². The van der Waals surface area contributed by atoms with E-state index in [9.17, 15) is 23.6 Å². The van der Waals surface area contributed by atoms with E-state index in [1.54, 1.807) is 114 Å². The highest BCUT2D eigenvalue weighted by Crippen LogP contribution is 2.38. The van der Waals surface area contributed by atoms with Gasteiger partial charge in [0, 0.05) is 18.2 Å². The second-order valence-corrected chi connectivity index (χ2v) is 20.2. The number of nitrogens with one attached hydrogen (secondary N) is 1. The van der Waals surface area contributed by atoms with Gasteiger partial charge in [0.1, 0.15) is 45.7 Å². The molecule has 5 aromatic rings. The Balaban J connectivity index is 1.60. The van der Waals surface area contributed by atoms with Crippen molar-refractivity contribution in [2.45, 2.75) is 131 Å². The minimum absolute atomic E-state index is 0.0243. The molecular formula is C50H60FN5O12. The fourth-order valence-electron chi connectivity index (χ4n) is 6.97. The molecule has 3 amide bonds. The molecule has 0 saturated carbocycles. The Kier molecular flexibility index (Phi) is 14.4. The molecule has 1 aliphatic rings. The molecule has 3 aromatic carbocycles. The number of aryl methyl sites for hydroxylation is 1. The van der Waals surface area contributed by atoms with Crippen molar-refractivity contribution in [2.24, 2.45) is 0 Å². The van der Waals surface area contributed by atoms with Gasteiger partial charge in [0.2, 0.25) is 5.78 Å². The fraction of sp³-hybridized carbons (Fsp3) is 0.440. The van der Waals surface area contributed by atoms with E-state index < -0.39 is 64.2 Å². The molecule has 364 valence electrons. The van der Waals surface area contributed by atoms with E-state index in [4.69, 9.17) is 33.2 Å². The number of hydrogen-bond donors (Lipinski definition) is 1. The zero-order chi connectivity index (χ0) is 50.1. The summed E-state index contributed by atoms with van der Waals surface area (Å²) in [6.07, 6.45) is -2.21. The highest BCUT2D eigenvalue weighted by molar-refractivity contribution is 6.20. The van der Waals surface area contributed by atoms with Gasteiger partial charge in [0.15, 0.2) is 17.4 Å². The number of imide groups is 1. The first-order valence-corrected chi connectivity index (χ1v) is 22.2. The number of hydrogen-bond acceptors (Lipinski definition) is 13. The molecule has 1 fully saturated rings. The van der Waals surface area contributed by atoms with Crippen LogP contribution in [0.3, 0.4) is 0 Å². The van der Waals surface area contributed by atoms with Crippen molar-refractivity contribution in [1.29, 1.82) is 0 Å². The minimum Gasteiger partial charge on any atom is -0.488 e. The number of ether oxygens (including phenoxy) is 7. The maximum absolute atomic E-state index is 15.5. The molecule has 68 heavy (non-hydrogen) atoms. The molecule has 0 atom stereocenters. The normalized spacial score (nSPS) is 13.7. The third-order valence-corrected chi connectivity index (χ3v) is 9.62. The van der Waals surface area contributed by atoms with E-state index in [1.165, 1.54) is 41.1 Å². The van der Waals surface area contributed by atoms with Crippen LogP contribution in [-0.4, -0.2) is 86.2 Å². The molecule has 3 heterocycles. The Morgan fingerprint density at radius 1 is 0.750 bits per heavy atom. The van der Waals surface area contributed by atoms with Gasteiger partial charge in [0.25, 0.3) is 0 Å². The van der Waals surface area contributed by atoms with Crippen LogP contribution in [0, 0.1) is 12.7 Å². The lowest BCUT2D eigenvalue weighted by Crippen LogP contribution is -2.45. The number of para-hydroxylation sites is 1. The average Bonchev–Trinajstić information content (AvgIpc) is 3.78. The van der Waals surface area contributed by atoms with Crippen LogP contribution in [-0.2, 0) is 23.7 Å². The van der Waals surface area contributed by atoms with Crippen molar-refractivity contribution in [3.8, 4) is 22.9 Å². The maximum Gasteiger partial charge on any atom is 0.425 e. The van der Waals surface area contributed by atoms with Gasteiger partial charge in [-0.15, -0.1) is 0 Å². The molecule has 0 unspecified atom stereocenters. The highest BCUT2D eigenvalue weighted by atomic mass is 19.1. The Morgan fingerprint density at radius 2 is 1.35 bits per heavy atom. The molecule has 2 aromatic heterocycles. The third-order valence-electron chi connectivity index (χ3n) is 9.62. The van der Waals surface area contributed by atoms with Crippen molar-refractivity contribution in [1.82, 2.24) is 14.3 Å². The second kappa shape index (κ2) is 19.3. The van der Waals surface area contributed by atoms with Gasteiger partial charge < -0.3 is 33.2 Å². The predicted octanol–water partition coefficient (Wildman–Crippen LogP) is 11.7. The lowest BCUT2D eigenvalue weighted by molar-refractivity contribution is 0.0257. The zero-order valence-corrected chi connectivity index (χ0v) is 40.8. The van der Waals surface area contributed by atoms with E-state index in [0.29, 0.717) is 41.9 Å². The summed E-state index contributed by atoms with van der Waals surface area (Å²) in [4.78, 5) is 72.6. The van der Waals surface area contributed by atoms with E-state index in [-0.39, 0.29) is 51.5 Å². The number of halogens is 1. The van der Waals surface area contributed by atoms with E-state index >= 15 is 4.79 Å². The van der Waals surface area contributed by atoms with Crippen molar-refractivity contribution in [2.75, 3.05) is 23.4 Å². The molecule has 1 saturated heterocycles. The van der Waals surface area contributed by atoms with Gasteiger partial charge in [0.05, 0.1) is 41.9 Å². The first-order chi connectivity index (χ1) is 31.6. The largest absolute Gasteiger partial charge is 0.488 e. The number of nitrogens with zero attached hydrogens (tertiary/aromatic N) is 4. The molecule has 0 bridgehead atoms. The third kappa shape index (κ3) is 12.5. The summed E-state index contributed by atoms with van der Waals surface area (Å²) < 4.78 is 57.6. The Labute approximate surface area is 394 Å². The summed E-state index contributed by atoms with van der Waals surface area (Å²) in [6, 6.07) is 15.0. The molecule has 0 spiro atoms. The first kappa shape index (κ1) is 50.5. The van der Waals surface area contributed by atoms with E-state index in [2.05, 4.69) is 10.4 Å². The number of fused-ring (bicyclic) bond motifs is 1. The second-order valence-electron chi connectivity index (χ2n) is 20.2. The Bertz CT molecular complexity index is 2700. The zero-order valence-electron chi connectivity index (χ0n) is 40.8. The van der Waals surface area contributed by atoms with E-state index in [0.717, 1.165) is 10.8 Å². The summed E-state index contributed by atoms with van der Waals surface area (Å²) in [6.45, 7) is 22.3. The summed E-state index contributed by atoms with van der Waals surface area (Å²) in [7, 11) is 0. The lowest BCUT2D eigenvalue weighted by Gasteiger charge is -2.29.